The summed E-state index contributed by atoms with van der Waals surface area (Å²) in [5, 5.41) is 9.58. The number of amides is 1. The molecule has 116 valence electrons. The van der Waals surface area contributed by atoms with Crippen molar-refractivity contribution in [1.29, 1.82) is 0 Å². The lowest BCUT2D eigenvalue weighted by molar-refractivity contribution is 0.0722. The van der Waals surface area contributed by atoms with Crippen molar-refractivity contribution in [3.63, 3.8) is 0 Å². The standard InChI is InChI=1S/C17H19ClN2O2/c1-13-15(7-8-16(18)19-13)17(22)20(11-12-21)10-9-14-5-3-2-4-6-14/h2-8,21H,9-12H2,1H3. The van der Waals surface area contributed by atoms with Gasteiger partial charge in [-0.15, -0.1) is 0 Å². The number of carbonyl (C=O) groups is 1. The van der Waals surface area contributed by atoms with E-state index < -0.39 is 0 Å². The van der Waals surface area contributed by atoms with Crippen LogP contribution in [0, 0.1) is 6.92 Å². The van der Waals surface area contributed by atoms with Crippen LogP contribution in [-0.2, 0) is 6.42 Å². The van der Waals surface area contributed by atoms with Gasteiger partial charge in [-0.25, -0.2) is 4.98 Å². The average molecular weight is 319 g/mol. The molecule has 2 aromatic rings. The minimum atomic E-state index is -0.133. The average Bonchev–Trinajstić information content (AvgIpc) is 2.52. The molecule has 4 nitrogen and oxygen atoms in total. The summed E-state index contributed by atoms with van der Waals surface area (Å²) in [5.74, 6) is -0.133. The molecule has 0 bridgehead atoms. The lowest BCUT2D eigenvalue weighted by Gasteiger charge is -2.22. The smallest absolute Gasteiger partial charge is 0.255 e. The van der Waals surface area contributed by atoms with E-state index >= 15 is 0 Å². The largest absolute Gasteiger partial charge is 0.395 e. The van der Waals surface area contributed by atoms with Crippen molar-refractivity contribution in [2.75, 3.05) is 19.7 Å². The van der Waals surface area contributed by atoms with Gasteiger partial charge < -0.3 is 10.0 Å². The summed E-state index contributed by atoms with van der Waals surface area (Å²) in [6.45, 7) is 2.53. The molecule has 0 saturated carbocycles. The molecule has 0 saturated heterocycles. The van der Waals surface area contributed by atoms with E-state index in [0.717, 1.165) is 12.0 Å². The maximum Gasteiger partial charge on any atom is 0.255 e. The Morgan fingerprint density at radius 3 is 2.55 bits per heavy atom. The summed E-state index contributed by atoms with van der Waals surface area (Å²) < 4.78 is 0. The first-order valence-corrected chi connectivity index (χ1v) is 7.57. The molecule has 0 unspecified atom stereocenters. The van der Waals surface area contributed by atoms with Crippen LogP contribution in [0.2, 0.25) is 5.15 Å². The van der Waals surface area contributed by atoms with Gasteiger partial charge in [-0.2, -0.15) is 0 Å². The van der Waals surface area contributed by atoms with Crippen LogP contribution in [0.1, 0.15) is 21.6 Å². The first kappa shape index (κ1) is 16.5. The number of rotatable bonds is 6. The Bertz CT molecular complexity index is 632. The highest BCUT2D eigenvalue weighted by atomic mass is 35.5. The Balaban J connectivity index is 2.11. The number of hydrogen-bond acceptors (Lipinski definition) is 3. The Morgan fingerprint density at radius 2 is 1.91 bits per heavy atom. The van der Waals surface area contributed by atoms with Gasteiger partial charge in [0.05, 0.1) is 17.9 Å². The van der Waals surface area contributed by atoms with Gasteiger partial charge in [0.1, 0.15) is 5.15 Å². The summed E-state index contributed by atoms with van der Waals surface area (Å²) in [6.07, 6.45) is 0.743. The molecule has 22 heavy (non-hydrogen) atoms. The summed E-state index contributed by atoms with van der Waals surface area (Å²) in [5.41, 5.74) is 2.27. The van der Waals surface area contributed by atoms with E-state index in [-0.39, 0.29) is 12.5 Å². The molecule has 0 aliphatic rings. The topological polar surface area (TPSA) is 53.4 Å². The molecule has 0 spiro atoms. The fraction of sp³-hybridized carbons (Fsp3) is 0.294. The zero-order valence-corrected chi connectivity index (χ0v) is 13.3. The third-order valence-corrected chi connectivity index (χ3v) is 3.66. The van der Waals surface area contributed by atoms with E-state index in [9.17, 15) is 9.90 Å². The van der Waals surface area contributed by atoms with Gasteiger partial charge in [0.25, 0.3) is 5.91 Å². The summed E-state index contributed by atoms with van der Waals surface area (Å²) in [6, 6.07) is 13.2. The van der Waals surface area contributed by atoms with Crippen LogP contribution in [0.4, 0.5) is 0 Å². The molecule has 0 aliphatic carbocycles. The number of aromatic nitrogens is 1. The number of aliphatic hydroxyl groups is 1. The zero-order chi connectivity index (χ0) is 15.9. The van der Waals surface area contributed by atoms with Gasteiger partial charge in [0.15, 0.2) is 0 Å². The van der Waals surface area contributed by atoms with Gasteiger partial charge in [-0.1, -0.05) is 41.9 Å². The summed E-state index contributed by atoms with van der Waals surface area (Å²) in [4.78, 5) is 18.4. The Labute approximate surface area is 135 Å². The predicted octanol–water partition coefficient (Wildman–Crippen LogP) is 2.72. The van der Waals surface area contributed by atoms with Crippen LogP contribution in [0.15, 0.2) is 42.5 Å². The number of hydrogen-bond donors (Lipinski definition) is 1. The monoisotopic (exact) mass is 318 g/mol. The highest BCUT2D eigenvalue weighted by molar-refractivity contribution is 6.29. The molecule has 0 aliphatic heterocycles. The van der Waals surface area contributed by atoms with Crippen LogP contribution >= 0.6 is 11.6 Å². The highest BCUT2D eigenvalue weighted by Crippen LogP contribution is 2.14. The van der Waals surface area contributed by atoms with Crippen molar-refractivity contribution >= 4 is 17.5 Å². The van der Waals surface area contributed by atoms with Gasteiger partial charge >= 0.3 is 0 Å². The van der Waals surface area contributed by atoms with Crippen molar-refractivity contribution < 1.29 is 9.90 Å². The Hall–Kier alpha value is -1.91. The Morgan fingerprint density at radius 1 is 1.18 bits per heavy atom. The molecule has 1 aromatic heterocycles. The fourth-order valence-corrected chi connectivity index (χ4v) is 2.46. The second-order valence-corrected chi connectivity index (χ2v) is 5.41. The second-order valence-electron chi connectivity index (χ2n) is 5.02. The lowest BCUT2D eigenvalue weighted by atomic mass is 10.1. The van der Waals surface area contributed by atoms with Gasteiger partial charge in [-0.3, -0.25) is 4.79 Å². The maximum absolute atomic E-state index is 12.6. The number of pyridine rings is 1. The van der Waals surface area contributed by atoms with E-state index in [0.29, 0.717) is 29.5 Å². The number of benzene rings is 1. The molecule has 5 heteroatoms. The molecule has 2 rings (SSSR count). The maximum atomic E-state index is 12.6. The fourth-order valence-electron chi connectivity index (χ4n) is 2.27. The minimum absolute atomic E-state index is 0.0689. The summed E-state index contributed by atoms with van der Waals surface area (Å²) in [7, 11) is 0. The van der Waals surface area contributed by atoms with Gasteiger partial charge in [0, 0.05) is 13.1 Å². The number of aliphatic hydroxyl groups excluding tert-OH is 1. The number of halogens is 1. The predicted molar refractivity (Wildman–Crippen MR) is 87.1 cm³/mol. The van der Waals surface area contributed by atoms with Gasteiger partial charge in [-0.05, 0) is 31.0 Å². The number of carbonyl (C=O) groups excluding carboxylic acids is 1. The third-order valence-electron chi connectivity index (χ3n) is 3.45. The molecule has 1 aromatic carbocycles. The molecule has 1 heterocycles. The van der Waals surface area contributed by atoms with Crippen LogP contribution in [0.3, 0.4) is 0 Å². The molecule has 0 atom stereocenters. The van der Waals surface area contributed by atoms with Crippen molar-refractivity contribution in [1.82, 2.24) is 9.88 Å². The third kappa shape index (κ3) is 4.29. The highest BCUT2D eigenvalue weighted by Gasteiger charge is 2.18. The molecule has 0 fully saturated rings. The van der Waals surface area contributed by atoms with Crippen molar-refractivity contribution in [2.24, 2.45) is 0 Å². The minimum Gasteiger partial charge on any atom is -0.395 e. The molecule has 1 N–H and O–H groups in total. The van der Waals surface area contributed by atoms with E-state index in [4.69, 9.17) is 11.6 Å². The normalized spacial score (nSPS) is 10.5. The van der Waals surface area contributed by atoms with Crippen LogP contribution < -0.4 is 0 Å². The van der Waals surface area contributed by atoms with Crippen LogP contribution in [0.5, 0.6) is 0 Å². The van der Waals surface area contributed by atoms with Crippen molar-refractivity contribution in [3.05, 3.63) is 64.4 Å². The molecular formula is C17H19ClN2O2. The van der Waals surface area contributed by atoms with E-state index in [2.05, 4.69) is 4.98 Å². The van der Waals surface area contributed by atoms with Crippen molar-refractivity contribution in [2.45, 2.75) is 13.3 Å². The van der Waals surface area contributed by atoms with Crippen LogP contribution in [0.25, 0.3) is 0 Å². The van der Waals surface area contributed by atoms with E-state index in [1.807, 2.05) is 30.3 Å². The van der Waals surface area contributed by atoms with Crippen molar-refractivity contribution in [3.8, 4) is 0 Å². The van der Waals surface area contributed by atoms with E-state index in [1.165, 1.54) is 0 Å². The lowest BCUT2D eigenvalue weighted by Crippen LogP contribution is -2.35. The molecule has 0 radical (unpaired) electrons. The van der Waals surface area contributed by atoms with Crippen LogP contribution in [-0.4, -0.2) is 40.6 Å². The number of aryl methyl sites for hydroxylation is 1. The quantitative estimate of drug-likeness (QED) is 0.833. The Kier molecular flexibility index (Phi) is 5.92. The molecule has 1 amide bonds. The number of nitrogens with zero attached hydrogens (tertiary/aromatic N) is 2. The second kappa shape index (κ2) is 7.92. The SMILES string of the molecule is Cc1nc(Cl)ccc1C(=O)N(CCO)CCc1ccccc1. The van der Waals surface area contributed by atoms with Gasteiger partial charge in [0.2, 0.25) is 0 Å². The molecular weight excluding hydrogens is 300 g/mol. The first-order chi connectivity index (χ1) is 10.6. The first-order valence-electron chi connectivity index (χ1n) is 7.19. The summed E-state index contributed by atoms with van der Waals surface area (Å²) >= 11 is 5.83. The zero-order valence-electron chi connectivity index (χ0n) is 12.5. The van der Waals surface area contributed by atoms with E-state index in [1.54, 1.807) is 24.0 Å².